The minimum atomic E-state index is -0.301. The largest absolute Gasteiger partial charge is 0.463 e. The van der Waals surface area contributed by atoms with Crippen molar-refractivity contribution in [3.63, 3.8) is 0 Å². The van der Waals surface area contributed by atoms with Crippen molar-refractivity contribution in [1.82, 2.24) is 0 Å². The van der Waals surface area contributed by atoms with E-state index in [-0.39, 0.29) is 11.9 Å². The van der Waals surface area contributed by atoms with Crippen LogP contribution in [-0.4, -0.2) is 12.6 Å². The van der Waals surface area contributed by atoms with Crippen LogP contribution in [0.4, 0.5) is 0 Å². The Hall–Kier alpha value is -2.01. The van der Waals surface area contributed by atoms with Crippen molar-refractivity contribution in [2.24, 2.45) is 5.92 Å². The van der Waals surface area contributed by atoms with Gasteiger partial charge in [-0.2, -0.15) is 0 Å². The number of rotatable bonds is 5. The van der Waals surface area contributed by atoms with E-state index in [0.717, 1.165) is 18.4 Å². The van der Waals surface area contributed by atoms with Crippen LogP contribution in [0.25, 0.3) is 0 Å². The van der Waals surface area contributed by atoms with Gasteiger partial charge in [-0.15, -0.1) is 0 Å². The Morgan fingerprint density at radius 1 is 1.32 bits per heavy atom. The third-order valence-electron chi connectivity index (χ3n) is 2.53. The maximum atomic E-state index is 11.3. The molecule has 1 unspecified atom stereocenters. The van der Waals surface area contributed by atoms with Crippen LogP contribution in [0.1, 0.15) is 32.3 Å². The Balaban J connectivity index is 2.68. The third-order valence-corrected chi connectivity index (χ3v) is 2.53. The smallest absolute Gasteiger partial charge is 0.330 e. The molecule has 0 fully saturated rings. The molecular formula is C17H20O2. The Morgan fingerprint density at radius 2 is 2.05 bits per heavy atom. The van der Waals surface area contributed by atoms with Gasteiger partial charge < -0.3 is 4.74 Å². The van der Waals surface area contributed by atoms with E-state index in [1.807, 2.05) is 36.4 Å². The first-order valence-electron chi connectivity index (χ1n) is 6.67. The van der Waals surface area contributed by atoms with E-state index in [2.05, 4.69) is 18.8 Å². The number of ether oxygens (including phenoxy) is 1. The molecule has 0 saturated heterocycles. The molecule has 1 atom stereocenters. The Labute approximate surface area is 115 Å². The van der Waals surface area contributed by atoms with E-state index in [4.69, 9.17) is 4.74 Å². The van der Waals surface area contributed by atoms with Crippen molar-refractivity contribution in [2.75, 3.05) is 6.61 Å². The summed E-state index contributed by atoms with van der Waals surface area (Å²) in [6.45, 7) is 4.30. The van der Waals surface area contributed by atoms with Gasteiger partial charge in [0.1, 0.15) is 0 Å². The SMILES string of the molecule is CCCC(C#Cc1ccccc1)/C=C\C(=O)OCC. The molecule has 0 amide bonds. The van der Waals surface area contributed by atoms with Crippen molar-refractivity contribution in [1.29, 1.82) is 0 Å². The van der Waals surface area contributed by atoms with Gasteiger partial charge in [-0.25, -0.2) is 4.79 Å². The first-order chi connectivity index (χ1) is 9.26. The Kier molecular flexibility index (Phi) is 7.12. The van der Waals surface area contributed by atoms with Crippen LogP contribution >= 0.6 is 0 Å². The fourth-order valence-corrected chi connectivity index (χ4v) is 1.61. The zero-order valence-electron chi connectivity index (χ0n) is 11.6. The molecule has 0 saturated carbocycles. The van der Waals surface area contributed by atoms with Gasteiger partial charge in [0, 0.05) is 17.6 Å². The van der Waals surface area contributed by atoms with Gasteiger partial charge in [0.05, 0.1) is 6.61 Å². The molecule has 0 bridgehead atoms. The van der Waals surface area contributed by atoms with Crippen molar-refractivity contribution in [3.8, 4) is 11.8 Å². The number of carbonyl (C=O) groups excluding carboxylic acids is 1. The summed E-state index contributed by atoms with van der Waals surface area (Å²) >= 11 is 0. The van der Waals surface area contributed by atoms with E-state index in [0.29, 0.717) is 6.61 Å². The molecule has 1 rings (SSSR count). The second kappa shape index (κ2) is 8.99. The molecule has 0 radical (unpaired) electrons. The van der Waals surface area contributed by atoms with Crippen LogP contribution in [0.3, 0.4) is 0 Å². The van der Waals surface area contributed by atoms with Crippen LogP contribution in [0.5, 0.6) is 0 Å². The topological polar surface area (TPSA) is 26.3 Å². The molecule has 0 heterocycles. The lowest BCUT2D eigenvalue weighted by Crippen LogP contribution is -2.01. The second-order valence-electron chi connectivity index (χ2n) is 4.14. The van der Waals surface area contributed by atoms with Crippen LogP contribution in [0, 0.1) is 17.8 Å². The average Bonchev–Trinajstić information content (AvgIpc) is 2.43. The first kappa shape index (κ1) is 15.0. The quantitative estimate of drug-likeness (QED) is 0.457. The van der Waals surface area contributed by atoms with Crippen LogP contribution in [0.15, 0.2) is 42.5 Å². The van der Waals surface area contributed by atoms with Crippen LogP contribution < -0.4 is 0 Å². The summed E-state index contributed by atoms with van der Waals surface area (Å²) in [5.74, 6) is 6.11. The molecule has 19 heavy (non-hydrogen) atoms. The molecule has 0 aliphatic rings. The van der Waals surface area contributed by atoms with Crippen LogP contribution in [-0.2, 0) is 9.53 Å². The lowest BCUT2D eigenvalue weighted by molar-refractivity contribution is -0.137. The van der Waals surface area contributed by atoms with Gasteiger partial charge in [-0.3, -0.25) is 0 Å². The minimum Gasteiger partial charge on any atom is -0.463 e. The van der Waals surface area contributed by atoms with Crippen molar-refractivity contribution < 1.29 is 9.53 Å². The van der Waals surface area contributed by atoms with Gasteiger partial charge >= 0.3 is 5.97 Å². The highest BCUT2D eigenvalue weighted by Crippen LogP contribution is 2.08. The second-order valence-corrected chi connectivity index (χ2v) is 4.14. The molecule has 0 aliphatic heterocycles. The predicted octanol–water partition coefficient (Wildman–Crippen LogP) is 3.57. The molecule has 100 valence electrons. The zero-order valence-corrected chi connectivity index (χ0v) is 11.6. The first-order valence-corrected chi connectivity index (χ1v) is 6.67. The normalized spacial score (nSPS) is 11.7. The van der Waals surface area contributed by atoms with E-state index in [9.17, 15) is 4.79 Å². The van der Waals surface area contributed by atoms with Gasteiger partial charge in [-0.1, -0.05) is 49.5 Å². The molecule has 0 N–H and O–H groups in total. The minimum absolute atomic E-state index is 0.0922. The molecule has 0 spiro atoms. The van der Waals surface area contributed by atoms with Crippen LogP contribution in [0.2, 0.25) is 0 Å². The summed E-state index contributed by atoms with van der Waals surface area (Å²) in [6, 6.07) is 9.85. The van der Waals surface area contributed by atoms with E-state index in [1.165, 1.54) is 6.08 Å². The Bertz CT molecular complexity index is 463. The lowest BCUT2D eigenvalue weighted by atomic mass is 10.0. The summed E-state index contributed by atoms with van der Waals surface area (Å²) in [4.78, 5) is 11.3. The molecular weight excluding hydrogens is 236 g/mol. The number of hydrogen-bond acceptors (Lipinski definition) is 2. The molecule has 1 aromatic carbocycles. The maximum Gasteiger partial charge on any atom is 0.330 e. The summed E-state index contributed by atoms with van der Waals surface area (Å²) in [7, 11) is 0. The highest BCUT2D eigenvalue weighted by molar-refractivity contribution is 5.81. The van der Waals surface area contributed by atoms with Gasteiger partial charge in [-0.05, 0) is 25.5 Å². The number of allylic oxidation sites excluding steroid dienone is 1. The zero-order chi connectivity index (χ0) is 13.9. The molecule has 0 aliphatic carbocycles. The monoisotopic (exact) mass is 256 g/mol. The van der Waals surface area contributed by atoms with E-state index >= 15 is 0 Å². The lowest BCUT2D eigenvalue weighted by Gasteiger charge is -2.02. The van der Waals surface area contributed by atoms with E-state index < -0.39 is 0 Å². The fourth-order valence-electron chi connectivity index (χ4n) is 1.61. The van der Waals surface area contributed by atoms with Crippen molar-refractivity contribution in [3.05, 3.63) is 48.0 Å². The van der Waals surface area contributed by atoms with Gasteiger partial charge in [0.2, 0.25) is 0 Å². The molecule has 0 aromatic heterocycles. The van der Waals surface area contributed by atoms with Gasteiger partial charge in [0.15, 0.2) is 0 Å². The van der Waals surface area contributed by atoms with Crippen molar-refractivity contribution in [2.45, 2.75) is 26.7 Å². The standard InChI is InChI=1S/C17H20O2/c1-3-8-15(13-14-17(18)19-4-2)11-12-16-9-6-5-7-10-16/h5-7,9-10,13-15H,3-4,8H2,1-2H3/b14-13-. The number of carbonyl (C=O) groups is 1. The summed E-state index contributed by atoms with van der Waals surface area (Å²) in [5, 5.41) is 0. The number of benzene rings is 1. The van der Waals surface area contributed by atoms with Crippen molar-refractivity contribution >= 4 is 5.97 Å². The fraction of sp³-hybridized carbons (Fsp3) is 0.353. The summed E-state index contributed by atoms with van der Waals surface area (Å²) in [5.41, 5.74) is 0.994. The third kappa shape index (κ3) is 6.47. The molecule has 2 nitrogen and oxygen atoms in total. The average molecular weight is 256 g/mol. The molecule has 2 heteroatoms. The highest BCUT2D eigenvalue weighted by atomic mass is 16.5. The van der Waals surface area contributed by atoms with E-state index in [1.54, 1.807) is 6.92 Å². The molecule has 1 aromatic rings. The summed E-state index contributed by atoms with van der Waals surface area (Å²) < 4.78 is 4.86. The number of esters is 1. The predicted molar refractivity (Wildman–Crippen MR) is 77.5 cm³/mol. The maximum absolute atomic E-state index is 11.3. The Morgan fingerprint density at radius 3 is 2.68 bits per heavy atom. The summed E-state index contributed by atoms with van der Waals surface area (Å²) in [6.07, 6.45) is 5.28. The number of hydrogen-bond donors (Lipinski definition) is 0. The highest BCUT2D eigenvalue weighted by Gasteiger charge is 2.01. The van der Waals surface area contributed by atoms with Gasteiger partial charge in [0.25, 0.3) is 0 Å².